The molecule has 0 spiro atoms. The monoisotopic (exact) mass is 484 g/mol. The number of carbonyl (C=O) groups is 1. The summed E-state index contributed by atoms with van der Waals surface area (Å²) in [5.74, 6) is -0.626. The molecule has 3 rings (SSSR count). The lowest BCUT2D eigenvalue weighted by molar-refractivity contribution is -0.130. The summed E-state index contributed by atoms with van der Waals surface area (Å²) in [5.41, 5.74) is -0.790. The van der Waals surface area contributed by atoms with Crippen molar-refractivity contribution >= 4 is 43.2 Å². The number of aliphatic hydroxyl groups excluding tert-OH is 1. The molecule has 0 saturated carbocycles. The number of amidine groups is 1. The van der Waals surface area contributed by atoms with Crippen LogP contribution < -0.4 is 10.0 Å². The fraction of sp³-hybridized carbons (Fsp3) is 0.500. The van der Waals surface area contributed by atoms with Gasteiger partial charge in [0, 0.05) is 24.2 Å². The number of nitrogens with zero attached hydrogens (tertiary/aromatic N) is 2. The molecule has 12 heteroatoms. The minimum absolute atomic E-state index is 0.0621. The number of fused-ring (bicyclic) bond motifs is 1. The van der Waals surface area contributed by atoms with Crippen LogP contribution in [0.3, 0.4) is 0 Å². The van der Waals surface area contributed by atoms with Crippen molar-refractivity contribution in [2.45, 2.75) is 39.0 Å². The second-order valence-electron chi connectivity index (χ2n) is 9.14. The maximum atomic E-state index is 13.2. The van der Waals surface area contributed by atoms with Crippen LogP contribution in [0.5, 0.6) is 0 Å². The van der Waals surface area contributed by atoms with Crippen LogP contribution in [0.2, 0.25) is 0 Å². The summed E-state index contributed by atoms with van der Waals surface area (Å²) < 4.78 is 54.7. The lowest BCUT2D eigenvalue weighted by Gasteiger charge is -2.39. The third kappa shape index (κ3) is 4.90. The van der Waals surface area contributed by atoms with Crippen molar-refractivity contribution in [3.63, 3.8) is 0 Å². The predicted molar refractivity (Wildman–Crippen MR) is 123 cm³/mol. The number of aliphatic hydroxyl groups is 1. The average Bonchev–Trinajstić information content (AvgIpc) is 2.63. The Bertz CT molecular complexity index is 1230. The Hall–Kier alpha value is -2.60. The van der Waals surface area contributed by atoms with E-state index in [1.54, 1.807) is 18.7 Å². The highest BCUT2D eigenvalue weighted by molar-refractivity contribution is 7.92. The SMILES string of the molecule is CC(C)CCN1CC(C)(C)C(O)=C(C2=NS(=O)(=O)c3cc(NS(C)(=O)=O)ccc3N2)C1=O. The van der Waals surface area contributed by atoms with Crippen LogP contribution in [0.1, 0.15) is 34.1 Å². The molecule has 1 aromatic rings. The Morgan fingerprint density at radius 1 is 1.31 bits per heavy atom. The normalized spacial score (nSPS) is 20.0. The largest absolute Gasteiger partial charge is 0.511 e. The Balaban J connectivity index is 2.04. The Morgan fingerprint density at radius 3 is 2.56 bits per heavy atom. The van der Waals surface area contributed by atoms with E-state index in [1.165, 1.54) is 12.1 Å². The first-order valence-corrected chi connectivity index (χ1v) is 13.4. The topological polar surface area (TPSA) is 145 Å². The molecule has 0 bridgehead atoms. The summed E-state index contributed by atoms with van der Waals surface area (Å²) in [5, 5.41) is 13.7. The van der Waals surface area contributed by atoms with Gasteiger partial charge in [0.1, 0.15) is 16.2 Å². The van der Waals surface area contributed by atoms with E-state index >= 15 is 0 Å². The Kier molecular flexibility index (Phi) is 6.07. The Labute approximate surface area is 188 Å². The van der Waals surface area contributed by atoms with Crippen molar-refractivity contribution in [3.8, 4) is 0 Å². The number of rotatable bonds is 6. The molecule has 32 heavy (non-hydrogen) atoms. The van der Waals surface area contributed by atoms with Crippen molar-refractivity contribution in [2.24, 2.45) is 15.7 Å². The highest BCUT2D eigenvalue weighted by atomic mass is 32.2. The van der Waals surface area contributed by atoms with Crippen LogP contribution in [0, 0.1) is 11.3 Å². The van der Waals surface area contributed by atoms with Crippen molar-refractivity contribution < 1.29 is 26.7 Å². The number of carbonyl (C=O) groups excluding carboxylic acids is 1. The van der Waals surface area contributed by atoms with Crippen LogP contribution in [0.4, 0.5) is 11.4 Å². The zero-order chi connectivity index (χ0) is 24.1. The van der Waals surface area contributed by atoms with E-state index in [1.807, 2.05) is 13.8 Å². The summed E-state index contributed by atoms with van der Waals surface area (Å²) in [6.07, 6.45) is 1.71. The van der Waals surface area contributed by atoms with Gasteiger partial charge in [-0.15, -0.1) is 4.40 Å². The van der Waals surface area contributed by atoms with Gasteiger partial charge in [-0.3, -0.25) is 9.52 Å². The molecule has 0 aliphatic carbocycles. The summed E-state index contributed by atoms with van der Waals surface area (Å²) in [6, 6.07) is 3.91. The van der Waals surface area contributed by atoms with Gasteiger partial charge < -0.3 is 15.3 Å². The van der Waals surface area contributed by atoms with Gasteiger partial charge in [0.05, 0.1) is 11.9 Å². The molecule has 1 amide bonds. The summed E-state index contributed by atoms with van der Waals surface area (Å²) >= 11 is 0. The third-order valence-electron chi connectivity index (χ3n) is 5.21. The standard InChI is InChI=1S/C20H28N4O6S2/c1-12(2)8-9-24-11-20(3,4)17(25)16(19(24)26)18-21-14-7-6-13(22-31(5,27)28)10-15(14)32(29,30)23-18/h6-7,10,12,22,25H,8-9,11H2,1-5H3,(H,21,23). The minimum Gasteiger partial charge on any atom is -0.511 e. The number of sulfonamides is 2. The lowest BCUT2D eigenvalue weighted by atomic mass is 9.83. The number of nitrogens with one attached hydrogen (secondary N) is 2. The van der Waals surface area contributed by atoms with E-state index in [2.05, 4.69) is 14.4 Å². The molecule has 0 atom stereocenters. The first-order valence-electron chi connectivity index (χ1n) is 10.1. The van der Waals surface area contributed by atoms with E-state index in [9.17, 15) is 26.7 Å². The van der Waals surface area contributed by atoms with Crippen LogP contribution >= 0.6 is 0 Å². The summed E-state index contributed by atoms with van der Waals surface area (Å²) in [4.78, 5) is 14.5. The summed E-state index contributed by atoms with van der Waals surface area (Å²) in [7, 11) is -7.88. The molecule has 2 aliphatic rings. The molecule has 2 heterocycles. The first-order chi connectivity index (χ1) is 14.6. The highest BCUT2D eigenvalue weighted by Gasteiger charge is 2.42. The van der Waals surface area contributed by atoms with E-state index in [4.69, 9.17) is 0 Å². The van der Waals surface area contributed by atoms with Gasteiger partial charge in [0.25, 0.3) is 15.9 Å². The molecule has 1 aromatic carbocycles. The first kappa shape index (κ1) is 24.1. The highest BCUT2D eigenvalue weighted by Crippen LogP contribution is 2.37. The van der Waals surface area contributed by atoms with Crippen molar-refractivity contribution in [2.75, 3.05) is 29.4 Å². The second-order valence-corrected chi connectivity index (χ2v) is 12.5. The maximum Gasteiger partial charge on any atom is 0.286 e. The molecule has 0 fully saturated rings. The molecular weight excluding hydrogens is 456 g/mol. The van der Waals surface area contributed by atoms with Gasteiger partial charge in [-0.05, 0) is 30.5 Å². The van der Waals surface area contributed by atoms with Gasteiger partial charge >= 0.3 is 0 Å². The second kappa shape index (κ2) is 8.07. The van der Waals surface area contributed by atoms with Crippen LogP contribution in [-0.2, 0) is 24.8 Å². The van der Waals surface area contributed by atoms with E-state index in [0.29, 0.717) is 19.0 Å². The molecule has 10 nitrogen and oxygen atoms in total. The molecule has 176 valence electrons. The smallest absolute Gasteiger partial charge is 0.286 e. The van der Waals surface area contributed by atoms with Crippen molar-refractivity contribution in [3.05, 3.63) is 29.5 Å². The molecule has 0 saturated heterocycles. The number of hydrogen-bond acceptors (Lipinski definition) is 7. The fourth-order valence-corrected chi connectivity index (χ4v) is 5.28. The third-order valence-corrected chi connectivity index (χ3v) is 7.13. The lowest BCUT2D eigenvalue weighted by Crippen LogP contribution is -2.49. The van der Waals surface area contributed by atoms with Crippen molar-refractivity contribution in [1.29, 1.82) is 0 Å². The molecule has 0 aromatic heterocycles. The molecule has 2 aliphatic heterocycles. The minimum atomic E-state index is -4.27. The Morgan fingerprint density at radius 2 is 1.97 bits per heavy atom. The quantitative estimate of drug-likeness (QED) is 0.562. The van der Waals surface area contributed by atoms with Gasteiger partial charge in [-0.25, -0.2) is 8.42 Å². The zero-order valence-electron chi connectivity index (χ0n) is 18.6. The number of benzene rings is 1. The molecule has 0 unspecified atom stereocenters. The van der Waals surface area contributed by atoms with Gasteiger partial charge in [-0.2, -0.15) is 8.42 Å². The van der Waals surface area contributed by atoms with Crippen LogP contribution in [0.15, 0.2) is 38.8 Å². The molecule has 3 N–H and O–H groups in total. The summed E-state index contributed by atoms with van der Waals surface area (Å²) in [6.45, 7) is 8.38. The molecular formula is C20H28N4O6S2. The number of anilines is 2. The van der Waals surface area contributed by atoms with Gasteiger partial charge in [0.15, 0.2) is 5.84 Å². The van der Waals surface area contributed by atoms with Crippen LogP contribution in [0.25, 0.3) is 0 Å². The number of amides is 1. The predicted octanol–water partition coefficient (Wildman–Crippen LogP) is 2.30. The van der Waals surface area contributed by atoms with E-state index < -0.39 is 31.4 Å². The fourth-order valence-electron chi connectivity index (χ4n) is 3.57. The van der Waals surface area contributed by atoms with Crippen molar-refractivity contribution in [1.82, 2.24) is 4.90 Å². The van der Waals surface area contributed by atoms with E-state index in [-0.39, 0.29) is 33.4 Å². The van der Waals surface area contributed by atoms with Gasteiger partial charge in [-0.1, -0.05) is 27.7 Å². The maximum absolute atomic E-state index is 13.2. The van der Waals surface area contributed by atoms with Gasteiger partial charge in [0.2, 0.25) is 10.0 Å². The zero-order valence-corrected chi connectivity index (χ0v) is 20.3. The van der Waals surface area contributed by atoms with E-state index in [0.717, 1.165) is 18.7 Å². The number of hydrogen-bond donors (Lipinski definition) is 3. The van der Waals surface area contributed by atoms with Crippen LogP contribution in [-0.4, -0.2) is 57.9 Å². The molecule has 0 radical (unpaired) electrons. The average molecular weight is 485 g/mol.